The zero-order chi connectivity index (χ0) is 29.7. The molecule has 1 unspecified atom stereocenters. The molecule has 212 valence electrons. The average molecular weight is 606 g/mol. The Morgan fingerprint density at radius 3 is 2.05 bits per heavy atom. The van der Waals surface area contributed by atoms with E-state index < -0.39 is 51.5 Å². The molecule has 0 radical (unpaired) electrons. The highest BCUT2D eigenvalue weighted by atomic mass is 32.2. The largest absolute Gasteiger partial charge is 0.305 e. The number of benzene rings is 3. The van der Waals surface area contributed by atoms with Gasteiger partial charge in [-0.25, -0.2) is 21.2 Å². The Morgan fingerprint density at radius 1 is 0.825 bits per heavy atom. The Bertz CT molecular complexity index is 1940. The number of fused-ring (bicyclic) bond motifs is 1. The van der Waals surface area contributed by atoms with Crippen LogP contribution in [-0.4, -0.2) is 47.3 Å². The van der Waals surface area contributed by atoms with Crippen molar-refractivity contribution in [1.82, 2.24) is 4.98 Å². The average Bonchev–Trinajstić information content (AvgIpc) is 2.86. The lowest BCUT2D eigenvalue weighted by atomic mass is 9.92. The molecule has 1 heterocycles. The molecule has 0 bridgehead atoms. The monoisotopic (exact) mass is 605 g/mol. The molecular formula is C28H28FNO7S3. The van der Waals surface area contributed by atoms with Crippen LogP contribution in [0.4, 0.5) is 4.39 Å². The van der Waals surface area contributed by atoms with Gasteiger partial charge in [0, 0.05) is 41.6 Å². The quantitative estimate of drug-likeness (QED) is 0.282. The Hall–Kier alpha value is -3.19. The summed E-state index contributed by atoms with van der Waals surface area (Å²) in [5, 5.41) is -2.59. The van der Waals surface area contributed by atoms with Crippen molar-refractivity contribution in [3.05, 3.63) is 95.7 Å². The van der Waals surface area contributed by atoms with E-state index in [1.165, 1.54) is 6.07 Å². The molecule has 0 aliphatic rings. The lowest BCUT2D eigenvalue weighted by molar-refractivity contribution is 0.246. The number of halogens is 1. The first kappa shape index (κ1) is 29.8. The number of alkyl halides is 1. The predicted molar refractivity (Wildman–Crippen MR) is 153 cm³/mol. The molecule has 0 saturated carbocycles. The van der Waals surface area contributed by atoms with E-state index in [9.17, 15) is 29.8 Å². The highest BCUT2D eigenvalue weighted by Crippen LogP contribution is 2.39. The van der Waals surface area contributed by atoms with Crippen molar-refractivity contribution in [2.45, 2.75) is 34.9 Å². The second-order valence-electron chi connectivity index (χ2n) is 10.3. The second-order valence-corrected chi connectivity index (χ2v) is 16.4. The van der Waals surface area contributed by atoms with E-state index in [1.54, 1.807) is 62.5 Å². The number of pyridine rings is 1. The van der Waals surface area contributed by atoms with Gasteiger partial charge in [-0.3, -0.25) is 9.54 Å². The molecule has 40 heavy (non-hydrogen) atoms. The molecule has 1 atom stereocenters. The minimum Gasteiger partial charge on any atom is -0.283 e. The summed E-state index contributed by atoms with van der Waals surface area (Å²) in [6, 6.07) is 17.5. The van der Waals surface area contributed by atoms with Crippen molar-refractivity contribution in [3.8, 4) is 11.1 Å². The van der Waals surface area contributed by atoms with Gasteiger partial charge < -0.3 is 0 Å². The standard InChI is InChI=1S/C28H28FNO7S3/c1-27(2,39(4,33)34)23-16-21-9-6-14-30-26(21)25(17-23)20-8-5-7-19(15-20)18-28(29,40(35,36)37)22-10-12-24(13-11-22)38(3,31)32/h5-17H,18H2,1-4H3,(H,35,36,37). The molecule has 3 aromatic carbocycles. The summed E-state index contributed by atoms with van der Waals surface area (Å²) in [4.78, 5) is 4.32. The number of rotatable bonds is 8. The van der Waals surface area contributed by atoms with Crippen LogP contribution in [0, 0.1) is 0 Å². The van der Waals surface area contributed by atoms with Crippen LogP contribution in [-0.2, 0) is 46.0 Å². The smallest absolute Gasteiger partial charge is 0.283 e. The van der Waals surface area contributed by atoms with Gasteiger partial charge in [0.15, 0.2) is 19.7 Å². The summed E-state index contributed by atoms with van der Waals surface area (Å²) in [5.41, 5.74) is 1.93. The van der Waals surface area contributed by atoms with Crippen LogP contribution in [0.1, 0.15) is 30.5 Å². The van der Waals surface area contributed by atoms with Crippen molar-refractivity contribution >= 4 is 40.7 Å². The third-order valence-corrected chi connectivity index (χ3v) is 11.5. The molecule has 1 aromatic heterocycles. The minimum atomic E-state index is -5.31. The second kappa shape index (κ2) is 10.0. The third-order valence-electron chi connectivity index (χ3n) is 7.12. The van der Waals surface area contributed by atoms with Crippen molar-refractivity contribution in [3.63, 3.8) is 0 Å². The van der Waals surface area contributed by atoms with Crippen molar-refractivity contribution < 1.29 is 34.2 Å². The first-order valence-corrected chi connectivity index (χ1v) is 17.2. The summed E-state index contributed by atoms with van der Waals surface area (Å²) >= 11 is 0. The summed E-state index contributed by atoms with van der Waals surface area (Å²) in [6.45, 7) is 3.19. The van der Waals surface area contributed by atoms with Gasteiger partial charge in [0.2, 0.25) is 0 Å². The van der Waals surface area contributed by atoms with Gasteiger partial charge in [0.05, 0.1) is 15.2 Å². The highest BCUT2D eigenvalue weighted by molar-refractivity contribution is 7.91. The normalized spacial score (nSPS) is 14.7. The molecule has 4 rings (SSSR count). The van der Waals surface area contributed by atoms with E-state index in [0.29, 0.717) is 27.6 Å². The fraction of sp³-hybridized carbons (Fsp3) is 0.250. The molecule has 0 fully saturated rings. The molecular weight excluding hydrogens is 578 g/mol. The van der Waals surface area contributed by atoms with E-state index in [0.717, 1.165) is 36.8 Å². The maximum Gasteiger partial charge on any atom is 0.305 e. The Kier molecular flexibility index (Phi) is 7.46. The van der Waals surface area contributed by atoms with E-state index in [-0.39, 0.29) is 10.5 Å². The molecule has 0 aliphatic heterocycles. The Labute approximate surface area is 233 Å². The van der Waals surface area contributed by atoms with E-state index in [1.807, 2.05) is 0 Å². The van der Waals surface area contributed by atoms with Crippen molar-refractivity contribution in [2.24, 2.45) is 0 Å². The minimum absolute atomic E-state index is 0.132. The van der Waals surface area contributed by atoms with E-state index in [2.05, 4.69) is 4.98 Å². The lowest BCUT2D eigenvalue weighted by Crippen LogP contribution is -2.33. The van der Waals surface area contributed by atoms with Crippen molar-refractivity contribution in [2.75, 3.05) is 12.5 Å². The van der Waals surface area contributed by atoms with Crippen molar-refractivity contribution in [1.29, 1.82) is 0 Å². The molecule has 8 nitrogen and oxygen atoms in total. The van der Waals surface area contributed by atoms with Crippen LogP contribution in [0.25, 0.3) is 22.0 Å². The van der Waals surface area contributed by atoms with Crippen LogP contribution in [0.15, 0.2) is 83.9 Å². The molecule has 1 N–H and O–H groups in total. The number of nitrogens with zero attached hydrogens (tertiary/aromatic N) is 1. The fourth-order valence-electron chi connectivity index (χ4n) is 4.38. The number of hydrogen-bond donors (Lipinski definition) is 1. The van der Waals surface area contributed by atoms with Gasteiger partial charge in [0.1, 0.15) is 0 Å². The molecule has 0 aliphatic carbocycles. The third kappa shape index (κ3) is 5.53. The molecule has 12 heteroatoms. The van der Waals surface area contributed by atoms with Gasteiger partial charge in [-0.15, -0.1) is 0 Å². The lowest BCUT2D eigenvalue weighted by Gasteiger charge is -2.25. The van der Waals surface area contributed by atoms with E-state index in [4.69, 9.17) is 0 Å². The van der Waals surface area contributed by atoms with Gasteiger partial charge in [-0.2, -0.15) is 8.42 Å². The zero-order valence-electron chi connectivity index (χ0n) is 22.2. The Balaban J connectivity index is 1.86. The van der Waals surface area contributed by atoms with E-state index >= 15 is 4.39 Å². The fourth-order valence-corrected chi connectivity index (χ4v) is 6.34. The van der Waals surface area contributed by atoms with Crippen LogP contribution in [0.3, 0.4) is 0 Å². The zero-order valence-corrected chi connectivity index (χ0v) is 24.6. The topological polar surface area (TPSA) is 136 Å². The van der Waals surface area contributed by atoms with Crippen LogP contribution >= 0.6 is 0 Å². The summed E-state index contributed by atoms with van der Waals surface area (Å²) in [6.07, 6.45) is 2.92. The SMILES string of the molecule is CC(C)(c1cc(-c2cccc(CC(F)(c3ccc(S(C)(=O)=O)cc3)S(=O)(=O)O)c2)c2ncccc2c1)S(C)(=O)=O. The van der Waals surface area contributed by atoms with Crippen LogP contribution in [0.2, 0.25) is 0 Å². The van der Waals surface area contributed by atoms with Gasteiger partial charge in [-0.1, -0.05) is 42.5 Å². The van der Waals surface area contributed by atoms with Gasteiger partial charge >= 0.3 is 10.1 Å². The molecule has 0 saturated heterocycles. The van der Waals surface area contributed by atoms with Gasteiger partial charge in [0.25, 0.3) is 5.00 Å². The highest BCUT2D eigenvalue weighted by Gasteiger charge is 2.45. The predicted octanol–water partition coefficient (Wildman–Crippen LogP) is 4.84. The summed E-state index contributed by atoms with van der Waals surface area (Å²) < 4.78 is 98.3. The molecule has 4 aromatic rings. The number of hydrogen-bond acceptors (Lipinski definition) is 7. The van der Waals surface area contributed by atoms with Gasteiger partial charge in [-0.05, 0) is 60.9 Å². The van der Waals surface area contributed by atoms with Crippen LogP contribution in [0.5, 0.6) is 0 Å². The molecule has 0 amide bonds. The number of sulfone groups is 2. The summed E-state index contributed by atoms with van der Waals surface area (Å²) in [7, 11) is -12.4. The summed E-state index contributed by atoms with van der Waals surface area (Å²) in [5.74, 6) is 0. The number of aromatic nitrogens is 1. The van der Waals surface area contributed by atoms with Crippen LogP contribution < -0.4 is 0 Å². The molecule has 0 spiro atoms. The maximum absolute atomic E-state index is 16.2. The maximum atomic E-state index is 16.2. The first-order chi connectivity index (χ1) is 18.3. The first-order valence-electron chi connectivity index (χ1n) is 12.0. The Morgan fingerprint density at radius 2 is 1.48 bits per heavy atom.